The molecular formula is C14H30N2O. The highest BCUT2D eigenvalue weighted by atomic mass is 16.1. The maximum atomic E-state index is 12.1. The van der Waals surface area contributed by atoms with Crippen LogP contribution in [-0.2, 0) is 4.79 Å². The Balaban J connectivity index is 4.55. The molecule has 3 nitrogen and oxygen atoms in total. The summed E-state index contributed by atoms with van der Waals surface area (Å²) in [6.45, 7) is 12.6. The average molecular weight is 242 g/mol. The highest BCUT2D eigenvalue weighted by Gasteiger charge is 2.29. The molecule has 0 saturated heterocycles. The molecule has 0 rings (SSSR count). The first-order valence-corrected chi connectivity index (χ1v) is 6.73. The third-order valence-corrected chi connectivity index (χ3v) is 3.18. The fourth-order valence-electron chi connectivity index (χ4n) is 2.39. The smallest absolute Gasteiger partial charge is 0.153 e. The minimum absolute atomic E-state index is 0.0750. The van der Waals surface area contributed by atoms with Gasteiger partial charge in [0.2, 0.25) is 0 Å². The molecule has 2 unspecified atom stereocenters. The summed E-state index contributed by atoms with van der Waals surface area (Å²) in [5, 5.41) is 6.70. The molecular weight excluding hydrogens is 212 g/mol. The van der Waals surface area contributed by atoms with Crippen LogP contribution in [0.1, 0.15) is 54.4 Å². The lowest BCUT2D eigenvalue weighted by Gasteiger charge is -2.34. The second kappa shape index (κ2) is 7.12. The first kappa shape index (κ1) is 16.6. The molecule has 2 N–H and O–H groups in total. The van der Waals surface area contributed by atoms with Gasteiger partial charge in [-0.25, -0.2) is 0 Å². The molecule has 0 aromatic heterocycles. The summed E-state index contributed by atoms with van der Waals surface area (Å²) in [4.78, 5) is 12.1. The van der Waals surface area contributed by atoms with Crippen molar-refractivity contribution in [3.63, 3.8) is 0 Å². The van der Waals surface area contributed by atoms with Crippen LogP contribution in [0, 0.1) is 5.92 Å². The van der Waals surface area contributed by atoms with Crippen molar-refractivity contribution in [2.24, 2.45) is 5.92 Å². The Morgan fingerprint density at radius 3 is 2.12 bits per heavy atom. The Morgan fingerprint density at radius 1 is 1.24 bits per heavy atom. The molecule has 0 aliphatic carbocycles. The van der Waals surface area contributed by atoms with Crippen molar-refractivity contribution in [1.82, 2.24) is 10.6 Å². The van der Waals surface area contributed by atoms with Gasteiger partial charge in [0.1, 0.15) is 0 Å². The van der Waals surface area contributed by atoms with Gasteiger partial charge in [-0.2, -0.15) is 0 Å². The maximum Gasteiger partial charge on any atom is 0.153 e. The highest BCUT2D eigenvalue weighted by molar-refractivity contribution is 5.86. The molecule has 3 heteroatoms. The number of rotatable bonds is 8. The fourth-order valence-corrected chi connectivity index (χ4v) is 2.39. The molecule has 0 aliphatic heterocycles. The van der Waals surface area contributed by atoms with Crippen LogP contribution in [0.15, 0.2) is 0 Å². The molecule has 0 heterocycles. The van der Waals surface area contributed by atoms with Crippen LogP contribution in [0.3, 0.4) is 0 Å². The number of ketones is 1. The Hall–Kier alpha value is -0.410. The summed E-state index contributed by atoms with van der Waals surface area (Å²) in [6, 6.07) is 0.0441. The van der Waals surface area contributed by atoms with Gasteiger partial charge in [-0.3, -0.25) is 4.79 Å². The topological polar surface area (TPSA) is 41.1 Å². The third kappa shape index (κ3) is 5.64. The van der Waals surface area contributed by atoms with E-state index in [2.05, 4.69) is 38.3 Å². The molecule has 0 saturated carbocycles. The number of nitrogens with one attached hydrogen (secondary N) is 2. The molecule has 0 bridgehead atoms. The molecule has 0 aromatic rings. The van der Waals surface area contributed by atoms with Crippen LogP contribution in [-0.4, -0.2) is 30.5 Å². The minimum atomic E-state index is -0.105. The van der Waals surface area contributed by atoms with Gasteiger partial charge in [0.05, 0.1) is 6.04 Å². The molecule has 0 fully saturated rings. The summed E-state index contributed by atoms with van der Waals surface area (Å²) in [6.07, 6.45) is 2.26. The quantitative estimate of drug-likeness (QED) is 0.686. The molecule has 0 radical (unpaired) electrons. The van der Waals surface area contributed by atoms with Crippen molar-refractivity contribution in [1.29, 1.82) is 0 Å². The zero-order valence-electron chi connectivity index (χ0n) is 12.6. The second-order valence-corrected chi connectivity index (χ2v) is 5.89. The maximum absolute atomic E-state index is 12.1. The van der Waals surface area contributed by atoms with Gasteiger partial charge >= 0.3 is 0 Å². The highest BCUT2D eigenvalue weighted by Crippen LogP contribution is 2.14. The van der Waals surface area contributed by atoms with Crippen molar-refractivity contribution >= 4 is 5.78 Å². The monoisotopic (exact) mass is 242 g/mol. The van der Waals surface area contributed by atoms with Crippen LogP contribution in [0.4, 0.5) is 0 Å². The number of hydrogen-bond donors (Lipinski definition) is 2. The van der Waals surface area contributed by atoms with E-state index in [0.717, 1.165) is 12.8 Å². The van der Waals surface area contributed by atoms with E-state index in [4.69, 9.17) is 0 Å². The summed E-state index contributed by atoms with van der Waals surface area (Å²) >= 11 is 0. The number of carbonyl (C=O) groups excluding carboxylic acids is 1. The largest absolute Gasteiger partial charge is 0.309 e. The predicted molar refractivity (Wildman–Crippen MR) is 74.3 cm³/mol. The molecule has 0 aliphatic rings. The Bertz CT molecular complexity index is 236. The molecule has 0 spiro atoms. The van der Waals surface area contributed by atoms with E-state index in [9.17, 15) is 4.79 Å². The summed E-state index contributed by atoms with van der Waals surface area (Å²) < 4.78 is 0. The molecule has 17 heavy (non-hydrogen) atoms. The summed E-state index contributed by atoms with van der Waals surface area (Å²) in [5.74, 6) is 0.353. The van der Waals surface area contributed by atoms with Crippen LogP contribution >= 0.6 is 0 Å². The summed E-state index contributed by atoms with van der Waals surface area (Å²) in [7, 11) is 1.86. The van der Waals surface area contributed by atoms with Gasteiger partial charge in [-0.05, 0) is 34.2 Å². The van der Waals surface area contributed by atoms with Crippen molar-refractivity contribution < 1.29 is 4.79 Å². The van der Waals surface area contributed by atoms with Crippen LogP contribution in [0.5, 0.6) is 0 Å². The van der Waals surface area contributed by atoms with Crippen molar-refractivity contribution in [3.05, 3.63) is 0 Å². The lowest BCUT2D eigenvalue weighted by molar-refractivity contribution is -0.124. The molecule has 2 atom stereocenters. The average Bonchev–Trinajstić information content (AvgIpc) is 2.17. The Kier molecular flexibility index (Phi) is 6.95. The first-order chi connectivity index (χ1) is 7.75. The third-order valence-electron chi connectivity index (χ3n) is 3.18. The number of likely N-dealkylation sites (N-methyl/N-ethyl adjacent to an activating group) is 1. The van der Waals surface area contributed by atoms with Crippen molar-refractivity contribution in [2.75, 3.05) is 7.05 Å². The fraction of sp³-hybridized carbons (Fsp3) is 0.929. The van der Waals surface area contributed by atoms with Crippen LogP contribution in [0.2, 0.25) is 0 Å². The van der Waals surface area contributed by atoms with E-state index in [1.165, 1.54) is 0 Å². The van der Waals surface area contributed by atoms with E-state index in [0.29, 0.717) is 0 Å². The normalized spacial score (nSPS) is 16.0. The minimum Gasteiger partial charge on any atom is -0.309 e. The van der Waals surface area contributed by atoms with Gasteiger partial charge in [0.15, 0.2) is 5.78 Å². The zero-order valence-corrected chi connectivity index (χ0v) is 12.6. The van der Waals surface area contributed by atoms with Crippen molar-refractivity contribution in [2.45, 2.75) is 72.0 Å². The van der Waals surface area contributed by atoms with Crippen LogP contribution in [0.25, 0.3) is 0 Å². The van der Waals surface area contributed by atoms with E-state index in [1.54, 1.807) is 0 Å². The van der Waals surface area contributed by atoms with Gasteiger partial charge < -0.3 is 10.6 Å². The molecule has 102 valence electrons. The lowest BCUT2D eigenvalue weighted by Crippen LogP contribution is -2.56. The van der Waals surface area contributed by atoms with Gasteiger partial charge in [0.25, 0.3) is 0 Å². The van der Waals surface area contributed by atoms with E-state index < -0.39 is 0 Å². The Labute approximate surface area is 107 Å². The van der Waals surface area contributed by atoms with Gasteiger partial charge in [-0.1, -0.05) is 27.2 Å². The Morgan fingerprint density at radius 2 is 1.76 bits per heavy atom. The second-order valence-electron chi connectivity index (χ2n) is 5.89. The SMILES string of the molecule is CCCC(C)(C)NC(C)C(NC)C(=O)C(C)C. The van der Waals surface area contributed by atoms with Crippen molar-refractivity contribution in [3.8, 4) is 0 Å². The number of carbonyl (C=O) groups is 1. The predicted octanol–water partition coefficient (Wildman–Crippen LogP) is 2.36. The lowest BCUT2D eigenvalue weighted by atomic mass is 9.92. The first-order valence-electron chi connectivity index (χ1n) is 6.73. The van der Waals surface area contributed by atoms with E-state index >= 15 is 0 Å². The van der Waals surface area contributed by atoms with Gasteiger partial charge in [0, 0.05) is 17.5 Å². The summed E-state index contributed by atoms with van der Waals surface area (Å²) in [5.41, 5.74) is 0.0839. The number of Topliss-reactive ketones (excluding diaryl/α,β-unsaturated/α-hetero) is 1. The molecule has 0 aromatic carbocycles. The molecule has 0 amide bonds. The van der Waals surface area contributed by atoms with Gasteiger partial charge in [-0.15, -0.1) is 0 Å². The van der Waals surface area contributed by atoms with Crippen LogP contribution < -0.4 is 10.6 Å². The standard InChI is InChI=1S/C14H30N2O/c1-8-9-14(5,6)16-11(4)12(15-7)13(17)10(2)3/h10-12,15-16H,8-9H2,1-7H3. The number of hydrogen-bond acceptors (Lipinski definition) is 3. The zero-order chi connectivity index (χ0) is 13.6. The van der Waals surface area contributed by atoms with E-state index in [-0.39, 0.29) is 29.3 Å². The van der Waals surface area contributed by atoms with E-state index in [1.807, 2.05) is 20.9 Å².